The molecule has 0 spiro atoms. The van der Waals surface area contributed by atoms with Crippen molar-refractivity contribution in [1.29, 1.82) is 0 Å². The summed E-state index contributed by atoms with van der Waals surface area (Å²) in [5.74, 6) is 0.897. The van der Waals surface area contributed by atoms with Crippen LogP contribution in [0.15, 0.2) is 34.5 Å². The fourth-order valence-electron chi connectivity index (χ4n) is 2.18. The highest BCUT2D eigenvalue weighted by molar-refractivity contribution is 5.85. The van der Waals surface area contributed by atoms with E-state index < -0.39 is 0 Å². The van der Waals surface area contributed by atoms with Crippen molar-refractivity contribution in [2.45, 2.75) is 0 Å². The maximum atomic E-state index is 9.89. The van der Waals surface area contributed by atoms with E-state index in [0.717, 1.165) is 0 Å². The van der Waals surface area contributed by atoms with E-state index in [9.17, 15) is 10.2 Å². The van der Waals surface area contributed by atoms with E-state index in [2.05, 4.69) is 10.2 Å². The summed E-state index contributed by atoms with van der Waals surface area (Å²) in [6, 6.07) is 6.40. The highest BCUT2D eigenvalue weighted by atomic mass is 16.5. The van der Waals surface area contributed by atoms with Crippen molar-refractivity contribution in [3.05, 3.63) is 35.4 Å². The van der Waals surface area contributed by atoms with E-state index in [1.165, 1.54) is 40.9 Å². The lowest BCUT2D eigenvalue weighted by Crippen LogP contribution is -1.92. The van der Waals surface area contributed by atoms with Crippen molar-refractivity contribution >= 4 is 12.4 Å². The standard InChI is InChI=1S/C18H20N2O6/c1-23-13-5-11(6-14(24-2)17(13)21)9-19-20-10-12-7-15(25-3)18(22)16(8-12)26-4/h5-10,21-22H,1-4H3/b19-9-,20-10-. The zero-order valence-electron chi connectivity index (χ0n) is 14.9. The summed E-state index contributed by atoms with van der Waals surface area (Å²) >= 11 is 0. The molecule has 2 rings (SSSR count). The van der Waals surface area contributed by atoms with Crippen molar-refractivity contribution in [3.8, 4) is 34.5 Å². The first kappa shape index (κ1) is 18.9. The maximum Gasteiger partial charge on any atom is 0.200 e. The van der Waals surface area contributed by atoms with Crippen LogP contribution in [0.2, 0.25) is 0 Å². The fraction of sp³-hybridized carbons (Fsp3) is 0.222. The van der Waals surface area contributed by atoms with Crippen LogP contribution in [0.1, 0.15) is 11.1 Å². The summed E-state index contributed by atoms with van der Waals surface area (Å²) in [6.45, 7) is 0. The molecule has 0 aromatic heterocycles. The third-order valence-electron chi connectivity index (χ3n) is 3.48. The Labute approximate surface area is 150 Å². The van der Waals surface area contributed by atoms with E-state index in [-0.39, 0.29) is 34.5 Å². The molecular formula is C18H20N2O6. The highest BCUT2D eigenvalue weighted by Gasteiger charge is 2.11. The molecule has 0 unspecified atom stereocenters. The average molecular weight is 360 g/mol. The molecule has 8 heteroatoms. The van der Waals surface area contributed by atoms with Gasteiger partial charge in [0.25, 0.3) is 0 Å². The molecule has 0 fully saturated rings. The molecular weight excluding hydrogens is 340 g/mol. The van der Waals surface area contributed by atoms with Crippen LogP contribution in [-0.2, 0) is 0 Å². The van der Waals surface area contributed by atoms with Crippen LogP contribution in [0.5, 0.6) is 34.5 Å². The number of benzene rings is 2. The quantitative estimate of drug-likeness (QED) is 0.581. The molecule has 2 aromatic carbocycles. The maximum absolute atomic E-state index is 9.89. The minimum Gasteiger partial charge on any atom is -0.502 e. The smallest absolute Gasteiger partial charge is 0.200 e. The number of nitrogens with zero attached hydrogens (tertiary/aromatic N) is 2. The van der Waals surface area contributed by atoms with Gasteiger partial charge in [0.2, 0.25) is 11.5 Å². The zero-order chi connectivity index (χ0) is 19.1. The van der Waals surface area contributed by atoms with Crippen molar-refractivity contribution in [1.82, 2.24) is 0 Å². The van der Waals surface area contributed by atoms with Gasteiger partial charge in [-0.05, 0) is 24.3 Å². The van der Waals surface area contributed by atoms with Gasteiger partial charge in [0.05, 0.1) is 40.9 Å². The number of phenolic OH excluding ortho intramolecular Hbond substituents is 2. The van der Waals surface area contributed by atoms with E-state index in [1.807, 2.05) is 0 Å². The van der Waals surface area contributed by atoms with Gasteiger partial charge in [-0.2, -0.15) is 10.2 Å². The van der Waals surface area contributed by atoms with Crippen LogP contribution in [0, 0.1) is 0 Å². The molecule has 138 valence electrons. The van der Waals surface area contributed by atoms with Crippen LogP contribution in [0.3, 0.4) is 0 Å². The van der Waals surface area contributed by atoms with Crippen molar-refractivity contribution in [2.75, 3.05) is 28.4 Å². The molecule has 0 atom stereocenters. The van der Waals surface area contributed by atoms with Crippen LogP contribution >= 0.6 is 0 Å². The Balaban J connectivity index is 2.23. The molecule has 0 saturated heterocycles. The number of hydrogen-bond acceptors (Lipinski definition) is 8. The molecule has 0 saturated carbocycles. The first-order chi connectivity index (χ1) is 12.5. The Morgan fingerprint density at radius 1 is 0.615 bits per heavy atom. The summed E-state index contributed by atoms with van der Waals surface area (Å²) in [5, 5.41) is 27.7. The molecule has 0 radical (unpaired) electrons. The number of ether oxygens (including phenoxy) is 4. The van der Waals surface area contributed by atoms with Gasteiger partial charge in [-0.1, -0.05) is 0 Å². The number of methoxy groups -OCH3 is 4. The van der Waals surface area contributed by atoms with Gasteiger partial charge >= 0.3 is 0 Å². The van der Waals surface area contributed by atoms with Gasteiger partial charge in [-0.15, -0.1) is 0 Å². The second-order valence-electron chi connectivity index (χ2n) is 5.04. The molecule has 0 bridgehead atoms. The van der Waals surface area contributed by atoms with Gasteiger partial charge in [-0.3, -0.25) is 0 Å². The number of rotatable bonds is 7. The van der Waals surface area contributed by atoms with Gasteiger partial charge < -0.3 is 29.2 Å². The largest absolute Gasteiger partial charge is 0.502 e. The van der Waals surface area contributed by atoms with Crippen LogP contribution in [0.25, 0.3) is 0 Å². The Morgan fingerprint density at radius 3 is 1.12 bits per heavy atom. The Kier molecular flexibility index (Phi) is 6.26. The minimum absolute atomic E-state index is 0.0843. The minimum atomic E-state index is -0.0843. The molecule has 0 aliphatic rings. The fourth-order valence-corrected chi connectivity index (χ4v) is 2.18. The summed E-state index contributed by atoms with van der Waals surface area (Å²) in [7, 11) is 5.77. The van der Waals surface area contributed by atoms with Gasteiger partial charge in [0, 0.05) is 11.1 Å². The first-order valence-corrected chi connectivity index (χ1v) is 7.50. The first-order valence-electron chi connectivity index (χ1n) is 7.50. The predicted molar refractivity (Wildman–Crippen MR) is 97.6 cm³/mol. The lowest BCUT2D eigenvalue weighted by Gasteiger charge is -2.09. The number of aromatic hydroxyl groups is 2. The third-order valence-corrected chi connectivity index (χ3v) is 3.48. The van der Waals surface area contributed by atoms with E-state index >= 15 is 0 Å². The summed E-state index contributed by atoms with van der Waals surface area (Å²) < 4.78 is 20.3. The van der Waals surface area contributed by atoms with E-state index in [0.29, 0.717) is 11.1 Å². The molecule has 26 heavy (non-hydrogen) atoms. The second-order valence-corrected chi connectivity index (χ2v) is 5.04. The Morgan fingerprint density at radius 2 is 0.885 bits per heavy atom. The normalized spacial score (nSPS) is 11.1. The summed E-state index contributed by atoms with van der Waals surface area (Å²) in [4.78, 5) is 0. The predicted octanol–water partition coefficient (Wildman–Crippen LogP) is 2.59. The second kappa shape index (κ2) is 8.61. The molecule has 0 aliphatic heterocycles. The van der Waals surface area contributed by atoms with E-state index in [4.69, 9.17) is 18.9 Å². The lowest BCUT2D eigenvalue weighted by atomic mass is 10.2. The third kappa shape index (κ3) is 4.15. The Hall–Kier alpha value is -3.42. The van der Waals surface area contributed by atoms with Crippen molar-refractivity contribution in [2.24, 2.45) is 10.2 Å². The molecule has 8 nitrogen and oxygen atoms in total. The van der Waals surface area contributed by atoms with Gasteiger partial charge in [0.15, 0.2) is 23.0 Å². The zero-order valence-corrected chi connectivity index (χ0v) is 14.9. The van der Waals surface area contributed by atoms with E-state index in [1.54, 1.807) is 24.3 Å². The topological polar surface area (TPSA) is 102 Å². The molecule has 2 aromatic rings. The number of phenols is 2. The lowest BCUT2D eigenvalue weighted by molar-refractivity contribution is 0.340. The number of hydrogen-bond donors (Lipinski definition) is 2. The van der Waals surface area contributed by atoms with Crippen LogP contribution in [-0.4, -0.2) is 51.1 Å². The molecule has 2 N–H and O–H groups in total. The summed E-state index contributed by atoms with van der Waals surface area (Å²) in [5.41, 5.74) is 1.27. The molecule has 0 aliphatic carbocycles. The average Bonchev–Trinajstić information content (AvgIpc) is 2.66. The van der Waals surface area contributed by atoms with Crippen LogP contribution < -0.4 is 18.9 Å². The molecule has 0 amide bonds. The van der Waals surface area contributed by atoms with Gasteiger partial charge in [-0.25, -0.2) is 0 Å². The van der Waals surface area contributed by atoms with Crippen molar-refractivity contribution < 1.29 is 29.2 Å². The SMILES string of the molecule is COc1cc(/C=N\N=C/c2cc(OC)c(O)c(OC)c2)cc(OC)c1O. The molecule has 0 heterocycles. The van der Waals surface area contributed by atoms with Gasteiger partial charge in [0.1, 0.15) is 0 Å². The summed E-state index contributed by atoms with van der Waals surface area (Å²) in [6.07, 6.45) is 2.96. The Bertz CT molecular complexity index is 713. The van der Waals surface area contributed by atoms with Crippen LogP contribution in [0.4, 0.5) is 0 Å². The van der Waals surface area contributed by atoms with Crippen molar-refractivity contribution in [3.63, 3.8) is 0 Å². The monoisotopic (exact) mass is 360 g/mol. The highest BCUT2D eigenvalue weighted by Crippen LogP contribution is 2.37.